The van der Waals surface area contributed by atoms with Gasteiger partial charge in [0.15, 0.2) is 0 Å². The van der Waals surface area contributed by atoms with Crippen LogP contribution in [0.2, 0.25) is 0 Å². The molecule has 0 saturated carbocycles. The maximum absolute atomic E-state index is 4.25. The predicted octanol–water partition coefficient (Wildman–Crippen LogP) is 2.93. The third kappa shape index (κ3) is 2.87. The SMILES string of the molecule is Cc1ccc(-c2cn[nH]c2CC2CCNCC2)cc1. The van der Waals surface area contributed by atoms with Crippen LogP contribution in [-0.4, -0.2) is 23.3 Å². The van der Waals surface area contributed by atoms with E-state index in [2.05, 4.69) is 46.7 Å². The van der Waals surface area contributed by atoms with Crippen molar-refractivity contribution in [3.8, 4) is 11.1 Å². The van der Waals surface area contributed by atoms with Gasteiger partial charge in [-0.3, -0.25) is 5.10 Å². The Labute approximate surface area is 114 Å². The lowest BCUT2D eigenvalue weighted by Crippen LogP contribution is -2.28. The summed E-state index contributed by atoms with van der Waals surface area (Å²) in [6, 6.07) is 8.70. The molecule has 3 heteroatoms. The molecule has 0 aliphatic carbocycles. The second-order valence-corrected chi connectivity index (χ2v) is 5.53. The Balaban J connectivity index is 1.79. The zero-order chi connectivity index (χ0) is 13.1. The molecule has 1 aromatic carbocycles. The van der Waals surface area contributed by atoms with E-state index in [0.717, 1.165) is 25.4 Å². The van der Waals surface area contributed by atoms with Gasteiger partial charge in [-0.25, -0.2) is 0 Å². The third-order valence-electron chi connectivity index (χ3n) is 4.03. The largest absolute Gasteiger partial charge is 0.317 e. The van der Waals surface area contributed by atoms with Gasteiger partial charge in [0.1, 0.15) is 0 Å². The molecule has 2 heterocycles. The number of piperidine rings is 1. The summed E-state index contributed by atoms with van der Waals surface area (Å²) in [5.41, 5.74) is 5.12. The maximum Gasteiger partial charge on any atom is 0.0568 e. The van der Waals surface area contributed by atoms with Gasteiger partial charge in [-0.2, -0.15) is 5.10 Å². The van der Waals surface area contributed by atoms with Gasteiger partial charge in [0.05, 0.1) is 6.20 Å². The molecular weight excluding hydrogens is 234 g/mol. The standard InChI is InChI=1S/C16H21N3/c1-12-2-4-14(5-3-12)15-11-18-19-16(15)10-13-6-8-17-9-7-13/h2-5,11,13,17H,6-10H2,1H3,(H,18,19). The van der Waals surface area contributed by atoms with E-state index in [0.29, 0.717) is 0 Å². The van der Waals surface area contributed by atoms with Gasteiger partial charge in [0.2, 0.25) is 0 Å². The lowest BCUT2D eigenvalue weighted by molar-refractivity contribution is 0.370. The van der Waals surface area contributed by atoms with Gasteiger partial charge >= 0.3 is 0 Å². The van der Waals surface area contributed by atoms with E-state index in [1.807, 2.05) is 6.20 Å². The highest BCUT2D eigenvalue weighted by Gasteiger charge is 2.17. The van der Waals surface area contributed by atoms with E-state index in [1.54, 1.807) is 0 Å². The minimum Gasteiger partial charge on any atom is -0.317 e. The summed E-state index contributed by atoms with van der Waals surface area (Å²) in [7, 11) is 0. The molecule has 0 atom stereocenters. The molecule has 0 amide bonds. The number of benzene rings is 1. The summed E-state index contributed by atoms with van der Waals surface area (Å²) in [6.45, 7) is 4.42. The Hall–Kier alpha value is -1.61. The summed E-state index contributed by atoms with van der Waals surface area (Å²) in [4.78, 5) is 0. The molecule has 1 aromatic heterocycles. The number of aryl methyl sites for hydroxylation is 1. The average molecular weight is 255 g/mol. The zero-order valence-electron chi connectivity index (χ0n) is 11.4. The number of aromatic amines is 1. The second-order valence-electron chi connectivity index (χ2n) is 5.53. The van der Waals surface area contributed by atoms with Crippen molar-refractivity contribution in [1.29, 1.82) is 0 Å². The first-order valence-electron chi connectivity index (χ1n) is 7.13. The van der Waals surface area contributed by atoms with E-state index in [4.69, 9.17) is 0 Å². The lowest BCUT2D eigenvalue weighted by atomic mass is 9.91. The highest BCUT2D eigenvalue weighted by atomic mass is 15.1. The van der Waals surface area contributed by atoms with Gasteiger partial charge in [-0.05, 0) is 50.8 Å². The molecule has 0 radical (unpaired) electrons. The predicted molar refractivity (Wildman–Crippen MR) is 78.1 cm³/mol. The van der Waals surface area contributed by atoms with Crippen LogP contribution in [0.3, 0.4) is 0 Å². The summed E-state index contributed by atoms with van der Waals surface area (Å²) in [5, 5.41) is 10.9. The van der Waals surface area contributed by atoms with Crippen LogP contribution in [-0.2, 0) is 6.42 Å². The molecular formula is C16H21N3. The molecule has 0 unspecified atom stereocenters. The molecule has 0 bridgehead atoms. The molecule has 3 nitrogen and oxygen atoms in total. The number of aromatic nitrogens is 2. The van der Waals surface area contributed by atoms with Gasteiger partial charge in [-0.1, -0.05) is 29.8 Å². The fourth-order valence-electron chi connectivity index (χ4n) is 2.82. The molecule has 1 aliphatic rings. The van der Waals surface area contributed by atoms with Crippen molar-refractivity contribution in [2.45, 2.75) is 26.2 Å². The third-order valence-corrected chi connectivity index (χ3v) is 4.03. The smallest absolute Gasteiger partial charge is 0.0568 e. The van der Waals surface area contributed by atoms with Crippen molar-refractivity contribution in [3.05, 3.63) is 41.7 Å². The van der Waals surface area contributed by atoms with E-state index in [-0.39, 0.29) is 0 Å². The van der Waals surface area contributed by atoms with Crippen LogP contribution in [0.15, 0.2) is 30.5 Å². The van der Waals surface area contributed by atoms with Crippen LogP contribution < -0.4 is 5.32 Å². The topological polar surface area (TPSA) is 40.7 Å². The number of nitrogens with zero attached hydrogens (tertiary/aromatic N) is 1. The Bertz CT molecular complexity index is 521. The number of hydrogen-bond donors (Lipinski definition) is 2. The number of rotatable bonds is 3. The van der Waals surface area contributed by atoms with Crippen LogP contribution in [0.4, 0.5) is 0 Å². The summed E-state index contributed by atoms with van der Waals surface area (Å²) in [6.07, 6.45) is 5.62. The monoisotopic (exact) mass is 255 g/mol. The minimum absolute atomic E-state index is 0.783. The van der Waals surface area contributed by atoms with Crippen molar-refractivity contribution in [2.24, 2.45) is 5.92 Å². The van der Waals surface area contributed by atoms with E-state index < -0.39 is 0 Å². The normalized spacial score (nSPS) is 16.7. The quantitative estimate of drug-likeness (QED) is 0.885. The van der Waals surface area contributed by atoms with E-state index in [1.165, 1.54) is 35.2 Å². The molecule has 100 valence electrons. The fourth-order valence-corrected chi connectivity index (χ4v) is 2.82. The highest BCUT2D eigenvalue weighted by molar-refractivity contribution is 5.65. The molecule has 2 N–H and O–H groups in total. The molecule has 19 heavy (non-hydrogen) atoms. The molecule has 1 aliphatic heterocycles. The Morgan fingerprint density at radius 3 is 2.63 bits per heavy atom. The maximum atomic E-state index is 4.25. The van der Waals surface area contributed by atoms with Crippen molar-refractivity contribution in [2.75, 3.05) is 13.1 Å². The van der Waals surface area contributed by atoms with Crippen LogP contribution in [0.5, 0.6) is 0 Å². The Morgan fingerprint density at radius 1 is 1.16 bits per heavy atom. The Morgan fingerprint density at radius 2 is 1.89 bits per heavy atom. The van der Waals surface area contributed by atoms with Crippen LogP contribution in [0.25, 0.3) is 11.1 Å². The molecule has 1 fully saturated rings. The van der Waals surface area contributed by atoms with Gasteiger partial charge in [-0.15, -0.1) is 0 Å². The zero-order valence-corrected chi connectivity index (χ0v) is 11.4. The summed E-state index contributed by atoms with van der Waals surface area (Å²) in [5.74, 6) is 0.783. The fraction of sp³-hybridized carbons (Fsp3) is 0.438. The number of nitrogens with one attached hydrogen (secondary N) is 2. The van der Waals surface area contributed by atoms with Gasteiger partial charge in [0, 0.05) is 11.3 Å². The molecule has 0 spiro atoms. The first-order valence-corrected chi connectivity index (χ1v) is 7.13. The van der Waals surface area contributed by atoms with Gasteiger partial charge < -0.3 is 5.32 Å². The first-order chi connectivity index (χ1) is 9.33. The number of H-pyrrole nitrogens is 1. The van der Waals surface area contributed by atoms with Crippen molar-refractivity contribution >= 4 is 0 Å². The van der Waals surface area contributed by atoms with Crippen LogP contribution in [0.1, 0.15) is 24.1 Å². The summed E-state index contributed by atoms with van der Waals surface area (Å²) >= 11 is 0. The second kappa shape index (κ2) is 5.57. The van der Waals surface area contributed by atoms with E-state index in [9.17, 15) is 0 Å². The van der Waals surface area contributed by atoms with Crippen molar-refractivity contribution in [3.63, 3.8) is 0 Å². The molecule has 3 rings (SSSR count). The van der Waals surface area contributed by atoms with E-state index >= 15 is 0 Å². The lowest BCUT2D eigenvalue weighted by Gasteiger charge is -2.22. The highest BCUT2D eigenvalue weighted by Crippen LogP contribution is 2.26. The molecule has 1 saturated heterocycles. The molecule has 2 aromatic rings. The van der Waals surface area contributed by atoms with Crippen molar-refractivity contribution < 1.29 is 0 Å². The van der Waals surface area contributed by atoms with Crippen LogP contribution >= 0.6 is 0 Å². The Kier molecular flexibility index (Phi) is 3.65. The average Bonchev–Trinajstić information content (AvgIpc) is 2.89. The van der Waals surface area contributed by atoms with Crippen molar-refractivity contribution in [1.82, 2.24) is 15.5 Å². The minimum atomic E-state index is 0.783. The van der Waals surface area contributed by atoms with Gasteiger partial charge in [0.25, 0.3) is 0 Å². The summed E-state index contributed by atoms with van der Waals surface area (Å²) < 4.78 is 0. The first kappa shape index (κ1) is 12.4. The van der Waals surface area contributed by atoms with Crippen LogP contribution in [0, 0.1) is 12.8 Å². The number of hydrogen-bond acceptors (Lipinski definition) is 2.